The first-order valence-electron chi connectivity index (χ1n) is 12.3. The van der Waals surface area contributed by atoms with E-state index < -0.39 is 0 Å². The Labute approximate surface area is 190 Å². The predicted molar refractivity (Wildman–Crippen MR) is 137 cm³/mol. The van der Waals surface area contributed by atoms with Crippen molar-refractivity contribution in [2.24, 2.45) is 0 Å². The zero-order chi connectivity index (χ0) is 22.2. The topological polar surface area (TPSA) is 3.24 Å². The molecule has 31 heavy (non-hydrogen) atoms. The summed E-state index contributed by atoms with van der Waals surface area (Å²) in [6.45, 7) is 14.8. The van der Waals surface area contributed by atoms with Crippen molar-refractivity contribution in [1.82, 2.24) is 4.90 Å². The van der Waals surface area contributed by atoms with Gasteiger partial charge in [0, 0.05) is 6.54 Å². The summed E-state index contributed by atoms with van der Waals surface area (Å²) in [5.74, 6) is 0. The quantitative estimate of drug-likeness (QED) is 0.401. The second kappa shape index (κ2) is 11.5. The van der Waals surface area contributed by atoms with Gasteiger partial charge in [0.05, 0.1) is 0 Å². The van der Waals surface area contributed by atoms with Crippen LogP contribution in [0.15, 0.2) is 48.6 Å². The van der Waals surface area contributed by atoms with Crippen molar-refractivity contribution < 1.29 is 0 Å². The molecule has 0 spiro atoms. The normalized spacial score (nSPS) is 15.7. The summed E-state index contributed by atoms with van der Waals surface area (Å²) in [4.78, 5) is 2.66. The Hall–Kier alpha value is -2.12. The zero-order valence-electron chi connectivity index (χ0n) is 20.4. The highest BCUT2D eigenvalue weighted by Crippen LogP contribution is 2.26. The third kappa shape index (κ3) is 5.98. The predicted octanol–water partition coefficient (Wildman–Crippen LogP) is 7.62. The van der Waals surface area contributed by atoms with E-state index >= 15 is 0 Å². The van der Waals surface area contributed by atoms with Gasteiger partial charge in [-0.15, -0.1) is 0 Å². The maximum atomic E-state index is 2.66. The first kappa shape index (κ1) is 23.5. The SMILES string of the molecule is C/C=C\C(=C/C)c1cccc(CCc2cc(C)c(CN3CCCCC3)c(CC)c2)c1C. The molecule has 0 aromatic heterocycles. The average Bonchev–Trinajstić information content (AvgIpc) is 2.79. The first-order valence-corrected chi connectivity index (χ1v) is 12.3. The van der Waals surface area contributed by atoms with Crippen molar-refractivity contribution in [3.8, 4) is 0 Å². The number of aryl methyl sites for hydroxylation is 4. The van der Waals surface area contributed by atoms with Gasteiger partial charge in [-0.05, 0) is 117 Å². The summed E-state index contributed by atoms with van der Waals surface area (Å²) in [5, 5.41) is 0. The van der Waals surface area contributed by atoms with E-state index in [1.807, 2.05) is 0 Å². The fourth-order valence-electron chi connectivity index (χ4n) is 5.07. The van der Waals surface area contributed by atoms with Gasteiger partial charge in [-0.1, -0.05) is 61.9 Å². The molecule has 0 unspecified atom stereocenters. The molecular formula is C30H41N. The van der Waals surface area contributed by atoms with E-state index in [9.17, 15) is 0 Å². The van der Waals surface area contributed by atoms with E-state index in [1.54, 1.807) is 11.1 Å². The molecule has 1 fully saturated rings. The third-order valence-electron chi connectivity index (χ3n) is 6.93. The van der Waals surface area contributed by atoms with Gasteiger partial charge in [0.2, 0.25) is 0 Å². The summed E-state index contributed by atoms with van der Waals surface area (Å²) in [5.41, 5.74) is 11.7. The Morgan fingerprint density at radius 3 is 2.42 bits per heavy atom. The van der Waals surface area contributed by atoms with Gasteiger partial charge >= 0.3 is 0 Å². The van der Waals surface area contributed by atoms with Crippen LogP contribution in [-0.2, 0) is 25.8 Å². The van der Waals surface area contributed by atoms with Crippen molar-refractivity contribution >= 4 is 5.57 Å². The fourth-order valence-corrected chi connectivity index (χ4v) is 5.07. The molecule has 1 saturated heterocycles. The number of rotatable bonds is 8. The number of nitrogens with zero attached hydrogens (tertiary/aromatic N) is 1. The van der Waals surface area contributed by atoms with Crippen LogP contribution in [0.5, 0.6) is 0 Å². The van der Waals surface area contributed by atoms with Crippen LogP contribution in [0, 0.1) is 13.8 Å². The van der Waals surface area contributed by atoms with Gasteiger partial charge in [-0.2, -0.15) is 0 Å². The van der Waals surface area contributed by atoms with E-state index in [2.05, 4.69) is 88.1 Å². The third-order valence-corrected chi connectivity index (χ3v) is 6.93. The van der Waals surface area contributed by atoms with Crippen LogP contribution in [0.2, 0.25) is 0 Å². The summed E-state index contributed by atoms with van der Waals surface area (Å²) in [6, 6.07) is 11.7. The molecule has 0 amide bonds. The van der Waals surface area contributed by atoms with Crippen LogP contribution in [0.1, 0.15) is 79.0 Å². The minimum Gasteiger partial charge on any atom is -0.299 e. The lowest BCUT2D eigenvalue weighted by Crippen LogP contribution is -2.29. The number of hydrogen-bond acceptors (Lipinski definition) is 1. The Bertz CT molecular complexity index is 926. The largest absolute Gasteiger partial charge is 0.299 e. The Balaban J connectivity index is 1.77. The Morgan fingerprint density at radius 2 is 1.74 bits per heavy atom. The van der Waals surface area contributed by atoms with Crippen LogP contribution < -0.4 is 0 Å². The van der Waals surface area contributed by atoms with Gasteiger partial charge < -0.3 is 0 Å². The molecule has 1 heterocycles. The van der Waals surface area contributed by atoms with E-state index in [0.717, 1.165) is 25.8 Å². The lowest BCUT2D eigenvalue weighted by atomic mass is 9.90. The monoisotopic (exact) mass is 415 g/mol. The average molecular weight is 416 g/mol. The van der Waals surface area contributed by atoms with Gasteiger partial charge in [0.25, 0.3) is 0 Å². The van der Waals surface area contributed by atoms with E-state index in [4.69, 9.17) is 0 Å². The van der Waals surface area contributed by atoms with E-state index in [1.165, 1.54) is 65.7 Å². The molecule has 3 rings (SSSR count). The van der Waals surface area contributed by atoms with E-state index in [0.29, 0.717) is 0 Å². The number of benzene rings is 2. The van der Waals surface area contributed by atoms with Crippen molar-refractivity contribution in [1.29, 1.82) is 0 Å². The van der Waals surface area contributed by atoms with Gasteiger partial charge in [0.1, 0.15) is 0 Å². The molecule has 1 aliphatic heterocycles. The number of piperidine rings is 1. The highest BCUT2D eigenvalue weighted by Gasteiger charge is 2.15. The number of likely N-dealkylation sites (tertiary alicyclic amines) is 1. The van der Waals surface area contributed by atoms with Crippen LogP contribution in [0.3, 0.4) is 0 Å². The van der Waals surface area contributed by atoms with Crippen LogP contribution in [0.25, 0.3) is 5.57 Å². The maximum absolute atomic E-state index is 2.66. The summed E-state index contributed by atoms with van der Waals surface area (Å²) in [7, 11) is 0. The molecule has 0 saturated carbocycles. The zero-order valence-corrected chi connectivity index (χ0v) is 20.4. The molecule has 1 nitrogen and oxygen atoms in total. The molecule has 2 aromatic rings. The van der Waals surface area contributed by atoms with Crippen LogP contribution in [-0.4, -0.2) is 18.0 Å². The molecule has 0 aliphatic carbocycles. The lowest BCUT2D eigenvalue weighted by molar-refractivity contribution is 0.220. The molecule has 1 heteroatoms. The second-order valence-electron chi connectivity index (χ2n) is 9.07. The van der Waals surface area contributed by atoms with Crippen molar-refractivity contribution in [2.45, 2.75) is 79.7 Å². The summed E-state index contributed by atoms with van der Waals surface area (Å²) >= 11 is 0. The highest BCUT2D eigenvalue weighted by molar-refractivity contribution is 5.76. The smallest absolute Gasteiger partial charge is 0.0239 e. The van der Waals surface area contributed by atoms with Crippen molar-refractivity contribution in [2.75, 3.05) is 13.1 Å². The molecule has 0 atom stereocenters. The van der Waals surface area contributed by atoms with Gasteiger partial charge in [0.15, 0.2) is 0 Å². The molecule has 2 aromatic carbocycles. The molecule has 0 N–H and O–H groups in total. The Morgan fingerprint density at radius 1 is 0.968 bits per heavy atom. The van der Waals surface area contributed by atoms with Gasteiger partial charge in [-0.25, -0.2) is 0 Å². The lowest BCUT2D eigenvalue weighted by Gasteiger charge is -2.28. The minimum atomic E-state index is 1.10. The van der Waals surface area contributed by atoms with Crippen LogP contribution in [0.4, 0.5) is 0 Å². The number of allylic oxidation sites excluding steroid dienone is 4. The fraction of sp³-hybridized carbons (Fsp3) is 0.467. The van der Waals surface area contributed by atoms with Crippen molar-refractivity contribution in [3.63, 3.8) is 0 Å². The van der Waals surface area contributed by atoms with Crippen LogP contribution >= 0.6 is 0 Å². The van der Waals surface area contributed by atoms with Crippen molar-refractivity contribution in [3.05, 3.63) is 87.5 Å². The summed E-state index contributed by atoms with van der Waals surface area (Å²) in [6.07, 6.45) is 14.0. The van der Waals surface area contributed by atoms with E-state index in [-0.39, 0.29) is 0 Å². The standard InChI is InChI=1S/C30H41N/c1-6-13-26(7-2)29-15-12-14-28(24(29)5)17-16-25-20-23(4)30(27(8-3)21-25)22-31-18-10-9-11-19-31/h6-7,12-15,20-21H,8-11,16-19,22H2,1-5H3/b13-6-,26-7+. The van der Waals surface area contributed by atoms with Gasteiger partial charge in [-0.3, -0.25) is 4.90 Å². The maximum Gasteiger partial charge on any atom is 0.0239 e. The Kier molecular flexibility index (Phi) is 8.72. The highest BCUT2D eigenvalue weighted by atomic mass is 15.1. The second-order valence-corrected chi connectivity index (χ2v) is 9.07. The molecule has 1 aliphatic rings. The summed E-state index contributed by atoms with van der Waals surface area (Å²) < 4.78 is 0. The first-order chi connectivity index (χ1) is 15.1. The molecule has 166 valence electrons. The minimum absolute atomic E-state index is 1.10. The number of hydrogen-bond donors (Lipinski definition) is 0. The molecule has 0 radical (unpaired) electrons. The molecular weight excluding hydrogens is 374 g/mol. The molecule has 0 bridgehead atoms.